The summed E-state index contributed by atoms with van der Waals surface area (Å²) < 4.78 is 6.91. The fourth-order valence-electron chi connectivity index (χ4n) is 7.05. The molecule has 2 N–H and O–H groups in total. The molecule has 7 aromatic rings. The number of benzene rings is 4. The number of rotatable bonds is 6. The molecule has 3 aromatic heterocycles. The summed E-state index contributed by atoms with van der Waals surface area (Å²) in [5, 5.41) is 0. The second-order valence-electron chi connectivity index (χ2n) is 12.5. The molecule has 5 heterocycles. The predicted molar refractivity (Wildman–Crippen MR) is 213 cm³/mol. The molecule has 0 spiro atoms. The Bertz CT molecular complexity index is 2560. The average molecular weight is 679 g/mol. The molecule has 51 heavy (non-hydrogen) atoms. The van der Waals surface area contributed by atoms with E-state index in [0.29, 0.717) is 5.88 Å². The zero-order chi connectivity index (χ0) is 34.1. The van der Waals surface area contributed by atoms with Gasteiger partial charge in [-0.3, -0.25) is 0 Å². The minimum atomic E-state index is -0.307. The number of hydrogen-bond donors (Lipinski definition) is 2. The molecule has 5 nitrogen and oxygen atoms in total. The van der Waals surface area contributed by atoms with Gasteiger partial charge in [0.05, 0.1) is 22.5 Å². The van der Waals surface area contributed by atoms with Crippen LogP contribution in [0, 0.1) is 0 Å². The SMILES string of the molecule is CCSC1Oc2nc1c(-c1ccccc1)c1ccc([nH]1)c(-c1ccccc1)c1nc(c(-c3ccccc3)c3ccc([nH]3)c2-c2ccccc2)C=C1. The van der Waals surface area contributed by atoms with Crippen LogP contribution in [0.15, 0.2) is 146 Å². The van der Waals surface area contributed by atoms with Crippen LogP contribution >= 0.6 is 11.8 Å². The van der Waals surface area contributed by atoms with Crippen LogP contribution in [0.5, 0.6) is 5.88 Å². The monoisotopic (exact) mass is 678 g/mol. The lowest BCUT2D eigenvalue weighted by Crippen LogP contribution is -2.00. The van der Waals surface area contributed by atoms with E-state index in [-0.39, 0.29) is 5.44 Å². The Hall–Kier alpha value is -6.11. The first-order valence-corrected chi connectivity index (χ1v) is 18.3. The van der Waals surface area contributed by atoms with E-state index in [1.165, 1.54) is 0 Å². The van der Waals surface area contributed by atoms with Crippen LogP contribution in [0.25, 0.3) is 78.7 Å². The van der Waals surface area contributed by atoms with Crippen molar-refractivity contribution in [2.24, 2.45) is 0 Å². The predicted octanol–water partition coefficient (Wildman–Crippen LogP) is 12.0. The van der Waals surface area contributed by atoms with Crippen molar-refractivity contribution in [3.8, 4) is 50.4 Å². The number of nitrogens with one attached hydrogen (secondary N) is 2. The number of thioether (sulfide) groups is 1. The summed E-state index contributed by atoms with van der Waals surface area (Å²) in [6.45, 7) is 2.16. The van der Waals surface area contributed by atoms with Crippen molar-refractivity contribution in [2.75, 3.05) is 5.75 Å². The fourth-order valence-corrected chi connectivity index (χ4v) is 7.84. The van der Waals surface area contributed by atoms with Gasteiger partial charge in [-0.1, -0.05) is 128 Å². The lowest BCUT2D eigenvalue weighted by molar-refractivity contribution is 0.315. The van der Waals surface area contributed by atoms with E-state index in [1.54, 1.807) is 11.8 Å². The van der Waals surface area contributed by atoms with Gasteiger partial charge >= 0.3 is 0 Å². The second kappa shape index (κ2) is 13.3. The Kier molecular flexibility index (Phi) is 8.07. The molecule has 0 aliphatic carbocycles. The molecule has 2 aliphatic rings. The molecule has 2 aliphatic heterocycles. The van der Waals surface area contributed by atoms with Gasteiger partial charge in [-0.05, 0) is 64.4 Å². The molecule has 0 saturated heterocycles. The number of ether oxygens (including phenoxy) is 1. The maximum atomic E-state index is 6.91. The van der Waals surface area contributed by atoms with Crippen LogP contribution in [0.1, 0.15) is 29.4 Å². The van der Waals surface area contributed by atoms with Gasteiger partial charge in [-0.25, -0.2) is 9.97 Å². The van der Waals surface area contributed by atoms with Crippen molar-refractivity contribution < 1.29 is 4.74 Å². The van der Waals surface area contributed by atoms with Crippen LogP contribution in [-0.2, 0) is 0 Å². The summed E-state index contributed by atoms with van der Waals surface area (Å²) in [5.74, 6) is 1.46. The largest absolute Gasteiger partial charge is 0.456 e. The Morgan fingerprint density at radius 1 is 0.490 bits per heavy atom. The average Bonchev–Trinajstić information content (AvgIpc) is 4.01. The molecule has 246 valence electrons. The summed E-state index contributed by atoms with van der Waals surface area (Å²) in [6.07, 6.45) is 4.26. The van der Waals surface area contributed by atoms with Crippen LogP contribution in [-0.4, -0.2) is 25.7 Å². The van der Waals surface area contributed by atoms with Crippen molar-refractivity contribution in [1.82, 2.24) is 19.9 Å². The highest BCUT2D eigenvalue weighted by molar-refractivity contribution is 7.99. The van der Waals surface area contributed by atoms with Gasteiger partial charge in [0.15, 0.2) is 5.44 Å². The Balaban J connectivity index is 1.49. The molecular weight excluding hydrogens is 645 g/mol. The summed E-state index contributed by atoms with van der Waals surface area (Å²) in [6, 6.07) is 50.5. The number of nitrogens with zero attached hydrogens (tertiary/aromatic N) is 2. The number of H-pyrrole nitrogens is 2. The maximum absolute atomic E-state index is 6.91. The summed E-state index contributed by atoms with van der Waals surface area (Å²) >= 11 is 1.74. The van der Waals surface area contributed by atoms with Crippen LogP contribution in [0.2, 0.25) is 0 Å². The lowest BCUT2D eigenvalue weighted by atomic mass is 10.0. The normalized spacial score (nSPS) is 13.6. The minimum absolute atomic E-state index is 0.307. The highest BCUT2D eigenvalue weighted by atomic mass is 32.2. The molecule has 8 bridgehead atoms. The molecule has 0 amide bonds. The van der Waals surface area contributed by atoms with Crippen molar-refractivity contribution in [3.05, 3.63) is 163 Å². The molecule has 6 heteroatoms. The first-order valence-electron chi connectivity index (χ1n) is 17.2. The zero-order valence-corrected chi connectivity index (χ0v) is 28.8. The third-order valence-electron chi connectivity index (χ3n) is 9.30. The van der Waals surface area contributed by atoms with E-state index < -0.39 is 0 Å². The first kappa shape index (κ1) is 30.9. The summed E-state index contributed by atoms with van der Waals surface area (Å²) in [4.78, 5) is 18.4. The van der Waals surface area contributed by atoms with Crippen molar-refractivity contribution in [3.63, 3.8) is 0 Å². The number of fused-ring (bicyclic) bond motifs is 8. The van der Waals surface area contributed by atoms with Gasteiger partial charge in [-0.2, -0.15) is 0 Å². The van der Waals surface area contributed by atoms with Crippen molar-refractivity contribution in [2.45, 2.75) is 12.4 Å². The maximum Gasteiger partial charge on any atom is 0.225 e. The second-order valence-corrected chi connectivity index (χ2v) is 13.8. The molecule has 1 atom stereocenters. The van der Waals surface area contributed by atoms with E-state index in [4.69, 9.17) is 14.7 Å². The molecule has 0 fully saturated rings. The van der Waals surface area contributed by atoms with Crippen LogP contribution in [0.4, 0.5) is 0 Å². The van der Waals surface area contributed by atoms with E-state index in [2.05, 4.69) is 150 Å². The number of aromatic amines is 2. The van der Waals surface area contributed by atoms with Gasteiger partial charge in [0.1, 0.15) is 5.69 Å². The first-order chi connectivity index (χ1) is 25.2. The fraction of sp³-hybridized carbons (Fsp3) is 0.0667. The smallest absolute Gasteiger partial charge is 0.225 e. The van der Waals surface area contributed by atoms with Crippen molar-refractivity contribution >= 4 is 46.0 Å². The Morgan fingerprint density at radius 3 is 1.33 bits per heavy atom. The highest BCUT2D eigenvalue weighted by Gasteiger charge is 2.29. The van der Waals surface area contributed by atoms with Gasteiger partial charge in [0.25, 0.3) is 0 Å². The molecular formula is C45H34N4OS. The topological polar surface area (TPSA) is 66.6 Å². The molecule has 4 aromatic carbocycles. The van der Waals surface area contributed by atoms with Gasteiger partial charge in [-0.15, -0.1) is 11.8 Å². The minimum Gasteiger partial charge on any atom is -0.456 e. The molecule has 9 rings (SSSR count). The van der Waals surface area contributed by atoms with Gasteiger partial charge in [0, 0.05) is 33.2 Å². The Labute approximate surface area is 300 Å². The molecule has 0 radical (unpaired) electrons. The van der Waals surface area contributed by atoms with E-state index in [0.717, 1.165) is 89.4 Å². The highest BCUT2D eigenvalue weighted by Crippen LogP contribution is 2.45. The molecule has 0 saturated carbocycles. The van der Waals surface area contributed by atoms with Crippen LogP contribution < -0.4 is 4.74 Å². The molecule has 1 unspecified atom stereocenters. The number of hydrogen-bond acceptors (Lipinski definition) is 4. The number of aromatic nitrogens is 4. The van der Waals surface area contributed by atoms with Crippen LogP contribution in [0.3, 0.4) is 0 Å². The summed E-state index contributed by atoms with van der Waals surface area (Å²) in [7, 11) is 0. The Morgan fingerprint density at radius 2 is 0.882 bits per heavy atom. The van der Waals surface area contributed by atoms with E-state index in [1.807, 2.05) is 24.3 Å². The zero-order valence-electron chi connectivity index (χ0n) is 28.0. The van der Waals surface area contributed by atoms with Gasteiger partial charge in [0.2, 0.25) is 5.88 Å². The van der Waals surface area contributed by atoms with E-state index in [9.17, 15) is 0 Å². The standard InChI is InChI=1S/C45H34N4OS/c1-2-51-45-43-41(31-19-11-5-12-20-31)37-27-25-35(47-37)39(29-15-7-3-8-16-29)33-23-24-34(46-33)40(30-17-9-4-10-18-30)36-26-28-38(48-36)42(44(49-43)50-45)32-21-13-6-14-22-32/h3-28,45,47-48H,2H2,1H3. The quantitative estimate of drug-likeness (QED) is 0.184. The van der Waals surface area contributed by atoms with Gasteiger partial charge < -0.3 is 14.7 Å². The lowest BCUT2D eigenvalue weighted by Gasteiger charge is -2.13. The van der Waals surface area contributed by atoms with E-state index >= 15 is 0 Å². The van der Waals surface area contributed by atoms with Crippen molar-refractivity contribution in [1.29, 1.82) is 0 Å². The third kappa shape index (κ3) is 5.73. The third-order valence-corrected chi connectivity index (χ3v) is 10.3. The summed E-state index contributed by atoms with van der Waals surface area (Å²) in [5.41, 5.74) is 14.4.